The van der Waals surface area contributed by atoms with Crippen LogP contribution in [0.1, 0.15) is 53.2 Å². The smallest absolute Gasteiger partial charge is 0.251 e. The van der Waals surface area contributed by atoms with Gasteiger partial charge in [-0.25, -0.2) is 12.8 Å². The second-order valence-corrected chi connectivity index (χ2v) is 9.59. The van der Waals surface area contributed by atoms with Gasteiger partial charge in [0.1, 0.15) is 5.82 Å². The third-order valence-corrected chi connectivity index (χ3v) is 7.49. The maximum atomic E-state index is 13.4. The van der Waals surface area contributed by atoms with Crippen molar-refractivity contribution in [3.05, 3.63) is 64.5 Å². The van der Waals surface area contributed by atoms with Gasteiger partial charge < -0.3 is 5.32 Å². The van der Waals surface area contributed by atoms with E-state index in [0.29, 0.717) is 23.2 Å². The predicted octanol–water partition coefficient (Wildman–Crippen LogP) is 3.94. The Morgan fingerprint density at radius 1 is 1.14 bits per heavy atom. The molecule has 3 rings (SSSR count). The van der Waals surface area contributed by atoms with Gasteiger partial charge in [-0.2, -0.15) is 4.31 Å². The summed E-state index contributed by atoms with van der Waals surface area (Å²) in [5.74, 6) is -0.644. The molecule has 1 atom stereocenters. The first-order valence-electron chi connectivity index (χ1n) is 9.86. The molecule has 29 heavy (non-hydrogen) atoms. The molecule has 0 bridgehead atoms. The highest BCUT2D eigenvalue weighted by Crippen LogP contribution is 2.26. The summed E-state index contributed by atoms with van der Waals surface area (Å²) in [6, 6.07) is 9.31. The molecule has 2 aromatic rings. The lowest BCUT2D eigenvalue weighted by Gasteiger charge is -2.32. The van der Waals surface area contributed by atoms with Gasteiger partial charge in [-0.1, -0.05) is 24.6 Å². The number of hydrogen-bond donors (Lipinski definition) is 1. The Balaban J connectivity index is 1.80. The molecule has 1 aliphatic heterocycles. The molecule has 1 heterocycles. The summed E-state index contributed by atoms with van der Waals surface area (Å²) < 4.78 is 41.1. The molecule has 0 aliphatic carbocycles. The van der Waals surface area contributed by atoms with Crippen LogP contribution in [0.15, 0.2) is 41.3 Å². The molecule has 0 spiro atoms. The average Bonchev–Trinajstić information content (AvgIpc) is 2.69. The minimum Gasteiger partial charge on any atom is -0.348 e. The van der Waals surface area contributed by atoms with Crippen LogP contribution in [0.4, 0.5) is 4.39 Å². The van der Waals surface area contributed by atoms with E-state index in [9.17, 15) is 17.6 Å². The summed E-state index contributed by atoms with van der Waals surface area (Å²) in [6.07, 6.45) is 2.72. The van der Waals surface area contributed by atoms with Gasteiger partial charge in [0.05, 0.1) is 4.90 Å². The summed E-state index contributed by atoms with van der Waals surface area (Å²) in [6.45, 7) is 6.10. The zero-order valence-electron chi connectivity index (χ0n) is 17.0. The minimum absolute atomic E-state index is 0.0472. The monoisotopic (exact) mass is 418 g/mol. The number of carbonyl (C=O) groups excluding carboxylic acids is 1. The van der Waals surface area contributed by atoms with E-state index in [4.69, 9.17) is 0 Å². The lowest BCUT2D eigenvalue weighted by molar-refractivity contribution is 0.0950. The molecular weight excluding hydrogens is 391 g/mol. The molecule has 0 aromatic heterocycles. The van der Waals surface area contributed by atoms with Gasteiger partial charge in [0, 0.05) is 24.7 Å². The van der Waals surface area contributed by atoms with Crippen molar-refractivity contribution in [2.24, 2.45) is 0 Å². The predicted molar refractivity (Wildman–Crippen MR) is 111 cm³/mol. The van der Waals surface area contributed by atoms with Gasteiger partial charge in [0.25, 0.3) is 5.91 Å². The first-order chi connectivity index (χ1) is 13.7. The summed E-state index contributed by atoms with van der Waals surface area (Å²) in [5.41, 5.74) is 2.32. The molecule has 5 nitrogen and oxygen atoms in total. The molecule has 7 heteroatoms. The number of amides is 1. The zero-order chi connectivity index (χ0) is 21.2. The summed E-state index contributed by atoms with van der Waals surface area (Å²) in [7, 11) is -3.65. The Morgan fingerprint density at radius 2 is 1.90 bits per heavy atom. The summed E-state index contributed by atoms with van der Waals surface area (Å²) >= 11 is 0. The molecule has 1 unspecified atom stereocenters. The number of sulfonamides is 1. The highest BCUT2D eigenvalue weighted by molar-refractivity contribution is 7.89. The van der Waals surface area contributed by atoms with Crippen molar-refractivity contribution < 1.29 is 17.6 Å². The SMILES string of the molecule is Cc1cc(CNC(=O)c2cc(S(=O)(=O)N3CCCCC3C)ccc2C)ccc1F. The average molecular weight is 419 g/mol. The third-order valence-electron chi connectivity index (χ3n) is 5.48. The molecule has 1 fully saturated rings. The van der Waals surface area contributed by atoms with Gasteiger partial charge in [0.15, 0.2) is 0 Å². The lowest BCUT2D eigenvalue weighted by Crippen LogP contribution is -2.42. The van der Waals surface area contributed by atoms with Crippen molar-refractivity contribution in [3.63, 3.8) is 0 Å². The van der Waals surface area contributed by atoms with Crippen LogP contribution in [-0.4, -0.2) is 31.2 Å². The van der Waals surface area contributed by atoms with E-state index in [-0.39, 0.29) is 29.2 Å². The van der Waals surface area contributed by atoms with Crippen LogP contribution in [0.5, 0.6) is 0 Å². The Kier molecular flexibility index (Phi) is 6.39. The van der Waals surface area contributed by atoms with E-state index in [0.717, 1.165) is 24.8 Å². The van der Waals surface area contributed by atoms with E-state index in [1.54, 1.807) is 38.1 Å². The Bertz CT molecular complexity index is 1020. The number of benzene rings is 2. The maximum absolute atomic E-state index is 13.4. The quantitative estimate of drug-likeness (QED) is 0.800. The Labute approximate surface area is 172 Å². The van der Waals surface area contributed by atoms with Crippen molar-refractivity contribution in [2.75, 3.05) is 6.54 Å². The normalized spacial score (nSPS) is 17.9. The molecule has 1 N–H and O–H groups in total. The van der Waals surface area contributed by atoms with Crippen molar-refractivity contribution in [1.29, 1.82) is 0 Å². The van der Waals surface area contributed by atoms with Crippen LogP contribution in [-0.2, 0) is 16.6 Å². The first-order valence-corrected chi connectivity index (χ1v) is 11.3. The molecule has 1 amide bonds. The molecule has 156 valence electrons. The number of piperidine rings is 1. The van der Waals surface area contributed by atoms with E-state index >= 15 is 0 Å². The molecule has 0 radical (unpaired) electrons. The fourth-order valence-electron chi connectivity index (χ4n) is 3.66. The van der Waals surface area contributed by atoms with E-state index < -0.39 is 10.0 Å². The van der Waals surface area contributed by atoms with Gasteiger partial charge in [0.2, 0.25) is 10.0 Å². The van der Waals surface area contributed by atoms with E-state index in [1.165, 1.54) is 16.4 Å². The third kappa shape index (κ3) is 4.67. The second kappa shape index (κ2) is 8.63. The van der Waals surface area contributed by atoms with E-state index in [2.05, 4.69) is 5.32 Å². The van der Waals surface area contributed by atoms with Gasteiger partial charge in [-0.15, -0.1) is 0 Å². The Hall–Kier alpha value is -2.25. The number of nitrogens with one attached hydrogen (secondary N) is 1. The topological polar surface area (TPSA) is 66.5 Å². The molecular formula is C22H27FN2O3S. The summed E-state index contributed by atoms with van der Waals surface area (Å²) in [5, 5.41) is 2.80. The molecule has 0 saturated carbocycles. The number of carbonyl (C=O) groups is 1. The molecule has 1 saturated heterocycles. The number of rotatable bonds is 5. The zero-order valence-corrected chi connectivity index (χ0v) is 17.9. The van der Waals surface area contributed by atoms with Crippen LogP contribution >= 0.6 is 0 Å². The second-order valence-electron chi connectivity index (χ2n) is 7.70. The number of nitrogens with zero attached hydrogens (tertiary/aromatic N) is 1. The first kappa shape index (κ1) is 21.5. The standard InChI is InChI=1S/C22H27FN2O3S/c1-15-7-9-19(29(27,28)25-11-5-4-6-17(25)3)13-20(15)22(26)24-14-18-8-10-21(23)16(2)12-18/h7-10,12-13,17H,4-6,11,14H2,1-3H3,(H,24,26). The fraction of sp³-hybridized carbons (Fsp3) is 0.409. The highest BCUT2D eigenvalue weighted by Gasteiger charge is 2.31. The summed E-state index contributed by atoms with van der Waals surface area (Å²) in [4.78, 5) is 12.9. The minimum atomic E-state index is -3.65. The van der Waals surface area contributed by atoms with Crippen molar-refractivity contribution in [2.45, 2.75) is 57.5 Å². The van der Waals surface area contributed by atoms with Gasteiger partial charge >= 0.3 is 0 Å². The van der Waals surface area contributed by atoms with Crippen molar-refractivity contribution >= 4 is 15.9 Å². The maximum Gasteiger partial charge on any atom is 0.251 e. The molecule has 1 aliphatic rings. The van der Waals surface area contributed by atoms with Crippen LogP contribution in [0.2, 0.25) is 0 Å². The Morgan fingerprint density at radius 3 is 2.59 bits per heavy atom. The van der Waals surface area contributed by atoms with Crippen LogP contribution < -0.4 is 5.32 Å². The van der Waals surface area contributed by atoms with Crippen molar-refractivity contribution in [3.8, 4) is 0 Å². The number of hydrogen-bond acceptors (Lipinski definition) is 3. The van der Waals surface area contributed by atoms with Gasteiger partial charge in [-0.3, -0.25) is 4.79 Å². The number of aryl methyl sites for hydroxylation is 2. The fourth-order valence-corrected chi connectivity index (χ4v) is 5.39. The largest absolute Gasteiger partial charge is 0.348 e. The lowest BCUT2D eigenvalue weighted by atomic mass is 10.1. The van der Waals surface area contributed by atoms with Crippen LogP contribution in [0.3, 0.4) is 0 Å². The molecule has 2 aromatic carbocycles. The van der Waals surface area contributed by atoms with Crippen molar-refractivity contribution in [1.82, 2.24) is 9.62 Å². The van der Waals surface area contributed by atoms with Crippen LogP contribution in [0.25, 0.3) is 0 Å². The highest BCUT2D eigenvalue weighted by atomic mass is 32.2. The van der Waals surface area contributed by atoms with E-state index in [1.807, 2.05) is 6.92 Å². The number of halogens is 1. The van der Waals surface area contributed by atoms with Crippen LogP contribution in [0, 0.1) is 19.7 Å². The van der Waals surface area contributed by atoms with Gasteiger partial charge in [-0.05, 0) is 68.5 Å².